The average Bonchev–Trinajstić information content (AvgIpc) is 2.84. The normalized spacial score (nSPS) is 17.6. The molecule has 0 spiro atoms. The lowest BCUT2D eigenvalue weighted by Crippen LogP contribution is -2.27. The summed E-state index contributed by atoms with van der Waals surface area (Å²) in [5.41, 5.74) is 2.54. The molecule has 0 aliphatic heterocycles. The van der Waals surface area contributed by atoms with E-state index in [9.17, 15) is 9.59 Å². The summed E-state index contributed by atoms with van der Waals surface area (Å²) >= 11 is 0. The molecule has 0 saturated heterocycles. The molecule has 1 aliphatic rings. The van der Waals surface area contributed by atoms with Crippen LogP contribution in [-0.4, -0.2) is 18.5 Å². The maximum atomic E-state index is 12.3. The quantitative estimate of drug-likeness (QED) is 0.0531. The summed E-state index contributed by atoms with van der Waals surface area (Å²) in [4.78, 5) is 23.5. The summed E-state index contributed by atoms with van der Waals surface area (Å²) < 4.78 is 10.5. The molecule has 0 bridgehead atoms. The van der Waals surface area contributed by atoms with E-state index in [1.54, 1.807) is 6.08 Å². The van der Waals surface area contributed by atoms with Gasteiger partial charge in [-0.2, -0.15) is 0 Å². The van der Waals surface area contributed by atoms with Crippen LogP contribution < -0.4 is 0 Å². The Bertz CT molecular complexity index is 729. The standard InChI is InChI=1S/C33H56O4/c1-6-7-8-9-10-11-12-13-14-15-16-17-18-21-32(35)37-27-30(24-26-36-29(3)34)22-23-31-28(2)20-19-25-33(31,4)5/h20,22,24,26,31H,6-19,21,23,25,27H2,1-5H3. The Kier molecular flexibility index (Phi) is 18.1. The van der Waals surface area contributed by atoms with Crippen molar-refractivity contribution in [2.75, 3.05) is 6.61 Å². The second kappa shape index (κ2) is 20.2. The smallest absolute Gasteiger partial charge is 0.307 e. The van der Waals surface area contributed by atoms with Crippen molar-refractivity contribution in [3.63, 3.8) is 0 Å². The monoisotopic (exact) mass is 516 g/mol. The molecule has 4 nitrogen and oxygen atoms in total. The van der Waals surface area contributed by atoms with Gasteiger partial charge in [-0.3, -0.25) is 9.59 Å². The van der Waals surface area contributed by atoms with Gasteiger partial charge in [-0.05, 0) is 55.6 Å². The molecule has 1 aliphatic carbocycles. The van der Waals surface area contributed by atoms with Gasteiger partial charge in [0.05, 0.1) is 6.26 Å². The minimum Gasteiger partial charge on any atom is -0.461 e. The first-order valence-electron chi connectivity index (χ1n) is 15.1. The van der Waals surface area contributed by atoms with E-state index in [-0.39, 0.29) is 24.0 Å². The van der Waals surface area contributed by atoms with E-state index in [0.29, 0.717) is 12.3 Å². The molecular formula is C33H56O4. The van der Waals surface area contributed by atoms with E-state index < -0.39 is 0 Å². The Balaban J connectivity index is 2.29. The van der Waals surface area contributed by atoms with Crippen LogP contribution in [0.15, 0.2) is 35.6 Å². The van der Waals surface area contributed by atoms with Crippen LogP contribution >= 0.6 is 0 Å². The summed E-state index contributed by atoms with van der Waals surface area (Å²) in [7, 11) is 0. The molecule has 1 unspecified atom stereocenters. The van der Waals surface area contributed by atoms with E-state index in [2.05, 4.69) is 39.8 Å². The molecule has 0 aromatic heterocycles. The molecule has 0 radical (unpaired) electrons. The first-order valence-corrected chi connectivity index (χ1v) is 15.1. The first kappa shape index (κ1) is 33.2. The van der Waals surface area contributed by atoms with Crippen LogP contribution in [0.5, 0.6) is 0 Å². The molecule has 0 N–H and O–H groups in total. The first-order chi connectivity index (χ1) is 17.8. The molecule has 4 heteroatoms. The predicted octanol–water partition coefficient (Wildman–Crippen LogP) is 9.79. The average molecular weight is 517 g/mol. The number of hydrogen-bond donors (Lipinski definition) is 0. The van der Waals surface area contributed by atoms with Crippen molar-refractivity contribution in [2.45, 2.75) is 144 Å². The van der Waals surface area contributed by atoms with Crippen LogP contribution in [0.2, 0.25) is 0 Å². The number of ether oxygens (including phenoxy) is 2. The highest BCUT2D eigenvalue weighted by molar-refractivity contribution is 5.69. The van der Waals surface area contributed by atoms with E-state index in [1.807, 2.05) is 0 Å². The van der Waals surface area contributed by atoms with E-state index in [1.165, 1.54) is 95.8 Å². The van der Waals surface area contributed by atoms with Crippen molar-refractivity contribution in [1.82, 2.24) is 0 Å². The third kappa shape index (κ3) is 16.6. The highest BCUT2D eigenvalue weighted by Gasteiger charge is 2.31. The highest BCUT2D eigenvalue weighted by atomic mass is 16.5. The Morgan fingerprint density at radius 3 is 2.05 bits per heavy atom. The topological polar surface area (TPSA) is 52.6 Å². The highest BCUT2D eigenvalue weighted by Crippen LogP contribution is 2.43. The zero-order valence-electron chi connectivity index (χ0n) is 24.7. The minimum absolute atomic E-state index is 0.149. The van der Waals surface area contributed by atoms with Crippen LogP contribution in [0.4, 0.5) is 0 Å². The molecule has 1 rings (SSSR count). The number of allylic oxidation sites excluding steroid dienone is 3. The van der Waals surface area contributed by atoms with Crippen LogP contribution in [0.25, 0.3) is 0 Å². The molecule has 37 heavy (non-hydrogen) atoms. The lowest BCUT2D eigenvalue weighted by molar-refractivity contribution is -0.142. The van der Waals surface area contributed by atoms with Gasteiger partial charge < -0.3 is 9.47 Å². The number of carbonyl (C=O) groups excluding carboxylic acids is 2. The number of hydrogen-bond acceptors (Lipinski definition) is 4. The van der Waals surface area contributed by atoms with Gasteiger partial charge in [-0.1, -0.05) is 116 Å². The molecule has 0 heterocycles. The fourth-order valence-corrected chi connectivity index (χ4v) is 5.29. The maximum absolute atomic E-state index is 12.3. The van der Waals surface area contributed by atoms with Crippen molar-refractivity contribution in [3.8, 4) is 0 Å². The Hall–Kier alpha value is -1.84. The summed E-state index contributed by atoms with van der Waals surface area (Å²) in [5.74, 6) is -0.0500. The van der Waals surface area contributed by atoms with E-state index >= 15 is 0 Å². The third-order valence-corrected chi connectivity index (χ3v) is 7.76. The zero-order chi connectivity index (χ0) is 27.4. The third-order valence-electron chi connectivity index (χ3n) is 7.76. The van der Waals surface area contributed by atoms with E-state index in [0.717, 1.165) is 31.3 Å². The van der Waals surface area contributed by atoms with Crippen molar-refractivity contribution >= 4 is 11.9 Å². The molecule has 1 atom stereocenters. The molecule has 212 valence electrons. The second-order valence-electron chi connectivity index (χ2n) is 11.6. The zero-order valence-corrected chi connectivity index (χ0v) is 24.7. The number of rotatable bonds is 20. The van der Waals surface area contributed by atoms with Gasteiger partial charge in [-0.25, -0.2) is 0 Å². The number of esters is 2. The Morgan fingerprint density at radius 1 is 0.946 bits per heavy atom. The molecule has 0 aromatic rings. The van der Waals surface area contributed by atoms with Gasteiger partial charge in [0, 0.05) is 13.3 Å². The van der Waals surface area contributed by atoms with Gasteiger partial charge in [0.2, 0.25) is 0 Å². The van der Waals surface area contributed by atoms with Crippen molar-refractivity contribution in [1.29, 1.82) is 0 Å². The minimum atomic E-state index is -0.359. The number of unbranched alkanes of at least 4 members (excludes halogenated alkanes) is 12. The second-order valence-corrected chi connectivity index (χ2v) is 11.6. The molecular weight excluding hydrogens is 460 g/mol. The largest absolute Gasteiger partial charge is 0.461 e. The molecule has 0 amide bonds. The molecule has 0 fully saturated rings. The fourth-order valence-electron chi connectivity index (χ4n) is 5.29. The fraction of sp³-hybridized carbons (Fsp3) is 0.758. The van der Waals surface area contributed by atoms with Crippen molar-refractivity contribution in [2.24, 2.45) is 11.3 Å². The Labute approximate surface area is 228 Å². The predicted molar refractivity (Wildman–Crippen MR) is 155 cm³/mol. The molecule has 0 aromatic carbocycles. The van der Waals surface area contributed by atoms with Gasteiger partial charge in [0.15, 0.2) is 0 Å². The van der Waals surface area contributed by atoms with Crippen LogP contribution in [0.1, 0.15) is 144 Å². The summed E-state index contributed by atoms with van der Waals surface area (Å²) in [6, 6.07) is 0. The lowest BCUT2D eigenvalue weighted by Gasteiger charge is -2.38. The summed E-state index contributed by atoms with van der Waals surface area (Å²) in [6.45, 7) is 10.7. The van der Waals surface area contributed by atoms with Gasteiger partial charge in [0.1, 0.15) is 6.61 Å². The van der Waals surface area contributed by atoms with Gasteiger partial charge in [-0.15, -0.1) is 0 Å². The van der Waals surface area contributed by atoms with Crippen LogP contribution in [0, 0.1) is 11.3 Å². The van der Waals surface area contributed by atoms with Crippen molar-refractivity contribution in [3.05, 3.63) is 35.6 Å². The lowest BCUT2D eigenvalue weighted by atomic mass is 9.67. The SMILES string of the molecule is CCCCCCCCCCCCCCCC(=O)OCC(C=COC(C)=O)=CCC1C(C)=CCCC1(C)C. The summed E-state index contributed by atoms with van der Waals surface area (Å²) in [6.07, 6.45) is 28.0. The van der Waals surface area contributed by atoms with Crippen molar-refractivity contribution < 1.29 is 19.1 Å². The molecule has 0 saturated carbocycles. The number of carbonyl (C=O) groups is 2. The van der Waals surface area contributed by atoms with Gasteiger partial charge >= 0.3 is 11.9 Å². The maximum Gasteiger partial charge on any atom is 0.307 e. The van der Waals surface area contributed by atoms with Crippen LogP contribution in [0.3, 0.4) is 0 Å². The van der Waals surface area contributed by atoms with Gasteiger partial charge in [0.25, 0.3) is 0 Å². The van der Waals surface area contributed by atoms with Crippen LogP contribution in [-0.2, 0) is 19.1 Å². The summed E-state index contributed by atoms with van der Waals surface area (Å²) in [5, 5.41) is 0. The Morgan fingerprint density at radius 2 is 1.51 bits per heavy atom. The van der Waals surface area contributed by atoms with E-state index in [4.69, 9.17) is 9.47 Å².